The van der Waals surface area contributed by atoms with Crippen LogP contribution in [0, 0.1) is 6.92 Å². The largest absolute Gasteiger partial charge is 0.319 e. The third-order valence-electron chi connectivity index (χ3n) is 4.28. The van der Waals surface area contributed by atoms with Crippen LogP contribution >= 0.6 is 0 Å². The molecule has 0 N–H and O–H groups in total. The topological polar surface area (TPSA) is 17.8 Å². The van der Waals surface area contributed by atoms with Crippen LogP contribution in [0.15, 0.2) is 78.9 Å². The highest BCUT2D eigenvalue weighted by Crippen LogP contribution is 2.26. The molecule has 0 atom stereocenters. The molecule has 0 spiro atoms. The van der Waals surface area contributed by atoms with E-state index in [-0.39, 0.29) is 0 Å². The lowest BCUT2D eigenvalue weighted by Crippen LogP contribution is -2.03. The van der Waals surface area contributed by atoms with Crippen molar-refractivity contribution in [2.45, 2.75) is 13.5 Å². The van der Waals surface area contributed by atoms with Crippen molar-refractivity contribution in [3.8, 4) is 11.4 Å². The van der Waals surface area contributed by atoms with Gasteiger partial charge in [0.15, 0.2) is 0 Å². The van der Waals surface area contributed by atoms with Gasteiger partial charge in [-0.2, -0.15) is 0 Å². The minimum absolute atomic E-state index is 0.831. The smallest absolute Gasteiger partial charge is 0.141 e. The summed E-state index contributed by atoms with van der Waals surface area (Å²) in [5.41, 5.74) is 6.00. The third kappa shape index (κ3) is 2.53. The molecule has 4 aromatic rings. The SMILES string of the molecule is Cc1ccccc1Cn1c(-c2ccccc2)nc2ccccc21. The Kier molecular flexibility index (Phi) is 3.43. The molecule has 0 amide bonds. The molecule has 2 heteroatoms. The highest BCUT2D eigenvalue weighted by molar-refractivity contribution is 5.80. The second-order valence-corrected chi connectivity index (χ2v) is 5.80. The molecule has 0 aliphatic carbocycles. The lowest BCUT2D eigenvalue weighted by Gasteiger charge is -2.11. The number of hydrogen-bond donors (Lipinski definition) is 0. The number of imidazole rings is 1. The van der Waals surface area contributed by atoms with Crippen LogP contribution in [-0.2, 0) is 6.54 Å². The first-order valence-corrected chi connectivity index (χ1v) is 7.88. The molecular formula is C21H18N2. The molecule has 0 aliphatic heterocycles. The van der Waals surface area contributed by atoms with E-state index in [0.717, 1.165) is 23.4 Å². The average Bonchev–Trinajstić information content (AvgIpc) is 2.96. The lowest BCUT2D eigenvalue weighted by atomic mass is 10.1. The van der Waals surface area contributed by atoms with Crippen molar-refractivity contribution >= 4 is 11.0 Å². The zero-order chi connectivity index (χ0) is 15.6. The number of aryl methyl sites for hydroxylation is 1. The van der Waals surface area contributed by atoms with Crippen LogP contribution in [-0.4, -0.2) is 9.55 Å². The predicted molar refractivity (Wildman–Crippen MR) is 95.5 cm³/mol. The van der Waals surface area contributed by atoms with Crippen molar-refractivity contribution in [3.63, 3.8) is 0 Å². The van der Waals surface area contributed by atoms with E-state index in [1.807, 2.05) is 12.1 Å². The zero-order valence-corrected chi connectivity index (χ0v) is 13.1. The van der Waals surface area contributed by atoms with E-state index in [1.54, 1.807) is 0 Å². The first-order chi connectivity index (χ1) is 11.3. The van der Waals surface area contributed by atoms with Crippen molar-refractivity contribution in [3.05, 3.63) is 90.0 Å². The molecule has 1 aromatic heterocycles. The van der Waals surface area contributed by atoms with Crippen LogP contribution in [0.2, 0.25) is 0 Å². The van der Waals surface area contributed by atoms with Gasteiger partial charge >= 0.3 is 0 Å². The van der Waals surface area contributed by atoms with Crippen molar-refractivity contribution in [2.24, 2.45) is 0 Å². The zero-order valence-electron chi connectivity index (χ0n) is 13.1. The fourth-order valence-electron chi connectivity index (χ4n) is 3.00. The molecule has 0 unspecified atom stereocenters. The molecule has 4 rings (SSSR count). The first kappa shape index (κ1) is 13.8. The summed E-state index contributed by atoms with van der Waals surface area (Å²) in [6.45, 7) is 2.99. The Morgan fingerprint density at radius 3 is 2.30 bits per heavy atom. The normalized spacial score (nSPS) is 11.0. The van der Waals surface area contributed by atoms with E-state index in [1.165, 1.54) is 16.6 Å². The van der Waals surface area contributed by atoms with Gasteiger partial charge in [0.1, 0.15) is 5.82 Å². The van der Waals surface area contributed by atoms with Gasteiger partial charge < -0.3 is 4.57 Å². The van der Waals surface area contributed by atoms with Crippen LogP contribution < -0.4 is 0 Å². The van der Waals surface area contributed by atoms with Crippen LogP contribution in [0.25, 0.3) is 22.4 Å². The first-order valence-electron chi connectivity index (χ1n) is 7.88. The van der Waals surface area contributed by atoms with Gasteiger partial charge in [-0.15, -0.1) is 0 Å². The summed E-state index contributed by atoms with van der Waals surface area (Å²) in [4.78, 5) is 4.87. The fourth-order valence-corrected chi connectivity index (χ4v) is 3.00. The van der Waals surface area contributed by atoms with Crippen LogP contribution in [0.3, 0.4) is 0 Å². The fraction of sp³-hybridized carbons (Fsp3) is 0.0952. The summed E-state index contributed by atoms with van der Waals surface area (Å²) in [6, 6.07) is 27.3. The van der Waals surface area contributed by atoms with Gasteiger partial charge in [0.2, 0.25) is 0 Å². The Hall–Kier alpha value is -2.87. The van der Waals surface area contributed by atoms with E-state index in [9.17, 15) is 0 Å². The van der Waals surface area contributed by atoms with Crippen LogP contribution in [0.1, 0.15) is 11.1 Å². The molecule has 0 saturated carbocycles. The second kappa shape index (κ2) is 5.73. The molecule has 1 heterocycles. The molecule has 0 saturated heterocycles. The maximum Gasteiger partial charge on any atom is 0.141 e. The van der Waals surface area contributed by atoms with Gasteiger partial charge in [0, 0.05) is 12.1 Å². The van der Waals surface area contributed by atoms with Crippen molar-refractivity contribution in [2.75, 3.05) is 0 Å². The summed E-state index contributed by atoms with van der Waals surface area (Å²) >= 11 is 0. The lowest BCUT2D eigenvalue weighted by molar-refractivity contribution is 0.828. The summed E-state index contributed by atoms with van der Waals surface area (Å²) in [6.07, 6.45) is 0. The summed E-state index contributed by atoms with van der Waals surface area (Å²) in [5.74, 6) is 1.02. The van der Waals surface area contributed by atoms with E-state index in [4.69, 9.17) is 4.98 Å². The van der Waals surface area contributed by atoms with E-state index < -0.39 is 0 Å². The number of fused-ring (bicyclic) bond motifs is 1. The Bertz CT molecular complexity index is 952. The van der Waals surface area contributed by atoms with E-state index in [2.05, 4.69) is 78.2 Å². The molecule has 0 aliphatic rings. The minimum Gasteiger partial charge on any atom is -0.319 e. The molecule has 3 aromatic carbocycles. The third-order valence-corrected chi connectivity index (χ3v) is 4.28. The van der Waals surface area contributed by atoms with Gasteiger partial charge in [-0.1, -0.05) is 66.7 Å². The summed E-state index contributed by atoms with van der Waals surface area (Å²) in [5, 5.41) is 0. The van der Waals surface area contributed by atoms with Gasteiger partial charge in [-0.3, -0.25) is 0 Å². The monoisotopic (exact) mass is 298 g/mol. The predicted octanol–water partition coefficient (Wildman–Crippen LogP) is 5.06. The Morgan fingerprint density at radius 2 is 1.48 bits per heavy atom. The number of para-hydroxylation sites is 2. The number of hydrogen-bond acceptors (Lipinski definition) is 1. The molecule has 23 heavy (non-hydrogen) atoms. The van der Waals surface area contributed by atoms with Crippen molar-refractivity contribution in [1.29, 1.82) is 0 Å². The quantitative estimate of drug-likeness (QED) is 0.517. The molecule has 0 radical (unpaired) electrons. The number of rotatable bonds is 3. The van der Waals surface area contributed by atoms with Gasteiger partial charge in [-0.05, 0) is 30.2 Å². The maximum absolute atomic E-state index is 4.87. The van der Waals surface area contributed by atoms with Gasteiger partial charge in [0.05, 0.1) is 11.0 Å². The Balaban J connectivity index is 1.92. The van der Waals surface area contributed by atoms with Crippen LogP contribution in [0.5, 0.6) is 0 Å². The summed E-state index contributed by atoms with van der Waals surface area (Å²) < 4.78 is 2.31. The molecule has 0 fully saturated rings. The number of aromatic nitrogens is 2. The second-order valence-electron chi connectivity index (χ2n) is 5.80. The number of benzene rings is 3. The van der Waals surface area contributed by atoms with Crippen molar-refractivity contribution < 1.29 is 0 Å². The Labute approximate surface area is 136 Å². The number of nitrogens with zero attached hydrogens (tertiary/aromatic N) is 2. The van der Waals surface area contributed by atoms with Gasteiger partial charge in [-0.25, -0.2) is 4.98 Å². The molecule has 2 nitrogen and oxygen atoms in total. The highest BCUT2D eigenvalue weighted by Gasteiger charge is 2.13. The maximum atomic E-state index is 4.87. The molecule has 112 valence electrons. The summed E-state index contributed by atoms with van der Waals surface area (Å²) in [7, 11) is 0. The standard InChI is InChI=1S/C21H18N2/c1-16-9-5-6-12-18(16)15-23-20-14-8-7-13-19(20)22-21(23)17-10-3-2-4-11-17/h2-14H,15H2,1H3. The van der Waals surface area contributed by atoms with Gasteiger partial charge in [0.25, 0.3) is 0 Å². The molecule has 0 bridgehead atoms. The Morgan fingerprint density at radius 1 is 0.783 bits per heavy atom. The van der Waals surface area contributed by atoms with E-state index >= 15 is 0 Å². The minimum atomic E-state index is 0.831. The highest BCUT2D eigenvalue weighted by atomic mass is 15.1. The van der Waals surface area contributed by atoms with Crippen molar-refractivity contribution in [1.82, 2.24) is 9.55 Å². The molecular weight excluding hydrogens is 280 g/mol. The van der Waals surface area contributed by atoms with Crippen LogP contribution in [0.4, 0.5) is 0 Å². The average molecular weight is 298 g/mol. The van der Waals surface area contributed by atoms with E-state index in [0.29, 0.717) is 0 Å².